The first kappa shape index (κ1) is 11.2. The molecule has 1 rings (SSSR count). The highest BCUT2D eigenvalue weighted by atomic mass is 127. The molecule has 0 bridgehead atoms. The highest BCUT2D eigenvalue weighted by Gasteiger charge is 2.06. The summed E-state index contributed by atoms with van der Waals surface area (Å²) in [5.41, 5.74) is -0.257. The van der Waals surface area contributed by atoms with E-state index in [9.17, 15) is 9.59 Å². The van der Waals surface area contributed by atoms with Crippen LogP contribution in [0, 0.1) is 3.57 Å². The van der Waals surface area contributed by atoms with Crippen LogP contribution in [0.1, 0.15) is 0 Å². The molecule has 0 N–H and O–H groups in total. The van der Waals surface area contributed by atoms with Crippen LogP contribution >= 0.6 is 22.6 Å². The van der Waals surface area contributed by atoms with E-state index >= 15 is 0 Å². The van der Waals surface area contributed by atoms with Crippen LogP contribution in [0.15, 0.2) is 17.1 Å². The van der Waals surface area contributed by atoms with Gasteiger partial charge in [-0.15, -0.1) is 0 Å². The summed E-state index contributed by atoms with van der Waals surface area (Å²) in [6.07, 6.45) is 1.55. The second kappa shape index (κ2) is 4.54. The van der Waals surface area contributed by atoms with Crippen molar-refractivity contribution in [1.82, 2.24) is 14.7 Å². The molecule has 5 nitrogen and oxygen atoms in total. The number of carbonyl (C=O) groups excluding carboxylic acids is 1. The molecule has 0 saturated carbocycles. The first-order valence-corrected chi connectivity index (χ1v) is 5.01. The van der Waals surface area contributed by atoms with Gasteiger partial charge in [-0.1, -0.05) is 0 Å². The Morgan fingerprint density at radius 2 is 2.29 bits per heavy atom. The van der Waals surface area contributed by atoms with Gasteiger partial charge in [0.15, 0.2) is 0 Å². The van der Waals surface area contributed by atoms with Crippen LogP contribution in [-0.2, 0) is 11.3 Å². The molecule has 0 aliphatic rings. The summed E-state index contributed by atoms with van der Waals surface area (Å²) in [5, 5.41) is 3.85. The molecule has 0 aliphatic carbocycles. The molecule has 0 saturated heterocycles. The van der Waals surface area contributed by atoms with Crippen molar-refractivity contribution in [3.63, 3.8) is 0 Å². The van der Waals surface area contributed by atoms with Crippen molar-refractivity contribution in [2.45, 2.75) is 6.54 Å². The molecule has 0 aromatic carbocycles. The second-order valence-electron chi connectivity index (χ2n) is 2.96. The number of hydrogen-bond acceptors (Lipinski definition) is 3. The van der Waals surface area contributed by atoms with Crippen LogP contribution in [0.4, 0.5) is 0 Å². The zero-order valence-corrected chi connectivity index (χ0v) is 10.1. The number of amides is 1. The first-order valence-electron chi connectivity index (χ1n) is 3.93. The Bertz CT molecular complexity index is 400. The van der Waals surface area contributed by atoms with E-state index in [1.807, 2.05) is 22.6 Å². The highest BCUT2D eigenvalue weighted by Crippen LogP contribution is 1.95. The maximum atomic E-state index is 11.3. The molecule has 1 heterocycles. The largest absolute Gasteiger partial charge is 0.347 e. The van der Waals surface area contributed by atoms with Crippen LogP contribution in [0.2, 0.25) is 0 Å². The average Bonchev–Trinajstić information content (AvgIpc) is 2.09. The number of aromatic nitrogens is 2. The molecule has 1 aromatic heterocycles. The third kappa shape index (κ3) is 2.79. The van der Waals surface area contributed by atoms with Crippen LogP contribution < -0.4 is 5.56 Å². The lowest BCUT2D eigenvalue weighted by Crippen LogP contribution is -2.32. The molecule has 1 amide bonds. The Morgan fingerprint density at radius 3 is 2.79 bits per heavy atom. The highest BCUT2D eigenvalue weighted by molar-refractivity contribution is 14.1. The Morgan fingerprint density at radius 1 is 1.64 bits per heavy atom. The number of carbonyl (C=O) groups is 1. The molecule has 0 atom stereocenters. The van der Waals surface area contributed by atoms with Crippen molar-refractivity contribution in [2.24, 2.45) is 0 Å². The van der Waals surface area contributed by atoms with E-state index in [-0.39, 0.29) is 18.0 Å². The molecule has 0 fully saturated rings. The van der Waals surface area contributed by atoms with Crippen LogP contribution in [-0.4, -0.2) is 34.7 Å². The van der Waals surface area contributed by atoms with Gasteiger partial charge in [-0.2, -0.15) is 5.10 Å². The van der Waals surface area contributed by atoms with Gasteiger partial charge >= 0.3 is 0 Å². The van der Waals surface area contributed by atoms with E-state index in [2.05, 4.69) is 5.10 Å². The molecule has 0 radical (unpaired) electrons. The summed E-state index contributed by atoms with van der Waals surface area (Å²) in [5.74, 6) is -0.152. The Kier molecular flexibility index (Phi) is 3.62. The molecule has 6 heteroatoms. The van der Waals surface area contributed by atoms with Crippen molar-refractivity contribution < 1.29 is 4.79 Å². The third-order valence-electron chi connectivity index (χ3n) is 1.62. The summed E-state index contributed by atoms with van der Waals surface area (Å²) in [6.45, 7) is -0.0112. The monoisotopic (exact) mass is 307 g/mol. The Balaban J connectivity index is 2.88. The van der Waals surface area contributed by atoms with Gasteiger partial charge in [0, 0.05) is 23.7 Å². The predicted molar refractivity (Wildman–Crippen MR) is 59.9 cm³/mol. The van der Waals surface area contributed by atoms with Gasteiger partial charge in [0.05, 0.1) is 6.20 Å². The normalized spacial score (nSPS) is 9.93. The lowest BCUT2D eigenvalue weighted by Gasteiger charge is -2.10. The van der Waals surface area contributed by atoms with Crippen molar-refractivity contribution in [3.05, 3.63) is 26.2 Å². The van der Waals surface area contributed by atoms with Crippen LogP contribution in [0.3, 0.4) is 0 Å². The lowest BCUT2D eigenvalue weighted by molar-refractivity contribution is -0.129. The quantitative estimate of drug-likeness (QED) is 0.719. The summed E-state index contributed by atoms with van der Waals surface area (Å²) < 4.78 is 1.91. The smallest absolute Gasteiger partial charge is 0.268 e. The predicted octanol–water partition coefficient (Wildman–Crippen LogP) is -0.0639. The number of rotatable bonds is 2. The van der Waals surface area contributed by atoms with E-state index in [0.29, 0.717) is 0 Å². The van der Waals surface area contributed by atoms with Crippen LogP contribution in [0.25, 0.3) is 0 Å². The fourth-order valence-corrected chi connectivity index (χ4v) is 1.19. The molecular formula is C8H10IN3O2. The van der Waals surface area contributed by atoms with Gasteiger partial charge in [-0.25, -0.2) is 4.68 Å². The molecule has 0 aliphatic heterocycles. The summed E-state index contributed by atoms with van der Waals surface area (Å²) in [4.78, 5) is 24.0. The van der Waals surface area contributed by atoms with E-state index in [0.717, 1.165) is 8.25 Å². The standard InChI is InChI=1S/C8H10IN3O2/c1-11(2)8(14)5-12-7(13)3-6(9)4-10-12/h3-4H,5H2,1-2H3. The number of likely N-dealkylation sites (N-methyl/N-ethyl adjacent to an activating group) is 1. The Labute approximate surface area is 94.9 Å². The average molecular weight is 307 g/mol. The van der Waals surface area contributed by atoms with Crippen molar-refractivity contribution in [3.8, 4) is 0 Å². The minimum absolute atomic E-state index is 0.0112. The fourth-order valence-electron chi connectivity index (χ4n) is 0.800. The first-order chi connectivity index (χ1) is 6.50. The second-order valence-corrected chi connectivity index (χ2v) is 4.20. The Hall–Kier alpha value is -0.920. The van der Waals surface area contributed by atoms with E-state index in [1.54, 1.807) is 20.3 Å². The zero-order chi connectivity index (χ0) is 10.7. The summed E-state index contributed by atoms with van der Waals surface area (Å²) in [6, 6.07) is 1.44. The minimum Gasteiger partial charge on any atom is -0.347 e. The van der Waals surface area contributed by atoms with Crippen molar-refractivity contribution in [1.29, 1.82) is 0 Å². The molecular weight excluding hydrogens is 297 g/mol. The number of hydrogen-bond donors (Lipinski definition) is 0. The molecule has 0 unspecified atom stereocenters. The van der Waals surface area contributed by atoms with Gasteiger partial charge in [-0.05, 0) is 22.6 Å². The maximum Gasteiger partial charge on any atom is 0.268 e. The van der Waals surface area contributed by atoms with Gasteiger partial charge in [0.1, 0.15) is 6.54 Å². The van der Waals surface area contributed by atoms with Crippen molar-refractivity contribution >= 4 is 28.5 Å². The van der Waals surface area contributed by atoms with Crippen molar-refractivity contribution in [2.75, 3.05) is 14.1 Å². The minimum atomic E-state index is -0.257. The molecule has 1 aromatic rings. The van der Waals surface area contributed by atoms with Crippen LogP contribution in [0.5, 0.6) is 0 Å². The number of halogens is 1. The summed E-state index contributed by atoms with van der Waals surface area (Å²) >= 11 is 2.00. The fraction of sp³-hybridized carbons (Fsp3) is 0.375. The molecule has 14 heavy (non-hydrogen) atoms. The van der Waals surface area contributed by atoms with Gasteiger partial charge < -0.3 is 4.90 Å². The van der Waals surface area contributed by atoms with Gasteiger partial charge in [-0.3, -0.25) is 9.59 Å². The SMILES string of the molecule is CN(C)C(=O)Cn1ncc(I)cc1=O. The maximum absolute atomic E-state index is 11.3. The van der Waals surface area contributed by atoms with Gasteiger partial charge in [0.25, 0.3) is 5.56 Å². The van der Waals surface area contributed by atoms with E-state index in [4.69, 9.17) is 0 Å². The summed E-state index contributed by atoms with van der Waals surface area (Å²) in [7, 11) is 3.28. The topological polar surface area (TPSA) is 55.2 Å². The third-order valence-corrected chi connectivity index (χ3v) is 2.21. The van der Waals surface area contributed by atoms with Gasteiger partial charge in [0.2, 0.25) is 5.91 Å². The van der Waals surface area contributed by atoms with E-state index < -0.39 is 0 Å². The molecule has 0 spiro atoms. The molecule has 76 valence electrons. The lowest BCUT2D eigenvalue weighted by atomic mass is 10.5. The zero-order valence-electron chi connectivity index (χ0n) is 7.90. The number of nitrogens with zero attached hydrogens (tertiary/aromatic N) is 3. The van der Waals surface area contributed by atoms with E-state index in [1.165, 1.54) is 11.0 Å².